The zero-order valence-electron chi connectivity index (χ0n) is 16.6. The van der Waals surface area contributed by atoms with Gasteiger partial charge >= 0.3 is 0 Å². The van der Waals surface area contributed by atoms with E-state index in [4.69, 9.17) is 0 Å². The topological polar surface area (TPSA) is 92.6 Å². The van der Waals surface area contributed by atoms with E-state index in [-0.39, 0.29) is 17.4 Å². The van der Waals surface area contributed by atoms with Crippen LogP contribution in [-0.4, -0.2) is 34.6 Å². The van der Waals surface area contributed by atoms with Crippen molar-refractivity contribution >= 4 is 17.4 Å². The molecule has 1 fully saturated rings. The maximum absolute atomic E-state index is 13.5. The number of piperidine rings is 1. The molecule has 0 radical (unpaired) electrons. The van der Waals surface area contributed by atoms with E-state index in [0.717, 1.165) is 62.2 Å². The average molecular weight is 395 g/mol. The summed E-state index contributed by atoms with van der Waals surface area (Å²) in [6, 6.07) is 6.25. The molecule has 7 heteroatoms. The third-order valence-corrected chi connectivity index (χ3v) is 6.09. The Balaban J connectivity index is 1.80. The summed E-state index contributed by atoms with van der Waals surface area (Å²) in [7, 11) is 0. The summed E-state index contributed by atoms with van der Waals surface area (Å²) in [4.78, 5) is 38.9. The van der Waals surface area contributed by atoms with Crippen molar-refractivity contribution in [3.63, 3.8) is 0 Å². The monoisotopic (exact) mass is 395 g/mol. The van der Waals surface area contributed by atoms with Gasteiger partial charge in [0.1, 0.15) is 0 Å². The normalized spacial score (nSPS) is 22.3. The fourth-order valence-corrected chi connectivity index (χ4v) is 4.66. The number of nitrogens with one attached hydrogen (secondary N) is 1. The lowest BCUT2D eigenvalue weighted by Gasteiger charge is -2.37. The van der Waals surface area contributed by atoms with Crippen molar-refractivity contribution in [2.24, 2.45) is 0 Å². The summed E-state index contributed by atoms with van der Waals surface area (Å²) in [5, 5.41) is 14.4. The third-order valence-electron chi connectivity index (χ3n) is 6.09. The number of non-ortho nitro benzene ring substituents is 1. The van der Waals surface area contributed by atoms with Gasteiger partial charge in [0.15, 0.2) is 5.78 Å². The summed E-state index contributed by atoms with van der Waals surface area (Å²) in [5.74, 6) is -0.462. The van der Waals surface area contributed by atoms with Crippen LogP contribution in [0.25, 0.3) is 0 Å². The van der Waals surface area contributed by atoms with Crippen LogP contribution in [-0.2, 0) is 9.59 Å². The van der Waals surface area contributed by atoms with Gasteiger partial charge in [-0.3, -0.25) is 19.7 Å². The van der Waals surface area contributed by atoms with Gasteiger partial charge in [0, 0.05) is 60.1 Å². The van der Waals surface area contributed by atoms with E-state index in [1.807, 2.05) is 11.8 Å². The van der Waals surface area contributed by atoms with Gasteiger partial charge in [-0.25, -0.2) is 0 Å². The van der Waals surface area contributed by atoms with Gasteiger partial charge in [-0.1, -0.05) is 12.1 Å². The number of Topliss-reactive ketones (excluding diaryl/α,β-unsaturated/α-hetero) is 1. The number of dihydropyridines is 1. The molecule has 3 aliphatic rings. The van der Waals surface area contributed by atoms with Crippen molar-refractivity contribution in [2.75, 3.05) is 13.1 Å². The number of nitro benzene ring substituents is 1. The average Bonchev–Trinajstić information content (AvgIpc) is 2.73. The molecule has 0 saturated carbocycles. The van der Waals surface area contributed by atoms with Crippen LogP contribution < -0.4 is 5.32 Å². The maximum atomic E-state index is 13.5. The van der Waals surface area contributed by atoms with Crippen molar-refractivity contribution in [1.82, 2.24) is 10.2 Å². The molecule has 1 amide bonds. The number of hydrogen-bond donors (Lipinski definition) is 1. The van der Waals surface area contributed by atoms with Gasteiger partial charge in [-0.2, -0.15) is 0 Å². The molecule has 152 valence electrons. The van der Waals surface area contributed by atoms with E-state index in [0.29, 0.717) is 17.6 Å². The van der Waals surface area contributed by atoms with Crippen molar-refractivity contribution in [3.05, 3.63) is 62.5 Å². The van der Waals surface area contributed by atoms with Gasteiger partial charge in [0.2, 0.25) is 0 Å². The predicted octanol–water partition coefficient (Wildman–Crippen LogP) is 3.58. The first-order chi connectivity index (χ1) is 14.0. The number of likely N-dealkylation sites (tertiary alicyclic amines) is 1. The van der Waals surface area contributed by atoms with E-state index in [2.05, 4.69) is 5.32 Å². The van der Waals surface area contributed by atoms with E-state index < -0.39 is 10.8 Å². The molecule has 1 aromatic carbocycles. The van der Waals surface area contributed by atoms with Crippen LogP contribution in [0, 0.1) is 10.1 Å². The second-order valence-electron chi connectivity index (χ2n) is 7.97. The number of ketones is 1. The summed E-state index contributed by atoms with van der Waals surface area (Å²) < 4.78 is 0. The molecule has 0 spiro atoms. The quantitative estimate of drug-likeness (QED) is 0.624. The SMILES string of the molecule is CC1=C(C(=O)N2CCCCC2)[C@H](c2ccc([N+](=O)[O-])cc2)C2=C(CCCC2=O)N1. The van der Waals surface area contributed by atoms with Crippen molar-refractivity contribution in [2.45, 2.75) is 51.4 Å². The first kappa shape index (κ1) is 19.4. The second kappa shape index (κ2) is 7.81. The lowest BCUT2D eigenvalue weighted by molar-refractivity contribution is -0.384. The van der Waals surface area contributed by atoms with Crippen molar-refractivity contribution < 1.29 is 14.5 Å². The fourth-order valence-electron chi connectivity index (χ4n) is 4.66. The Labute approximate surface area is 169 Å². The zero-order chi connectivity index (χ0) is 20.5. The zero-order valence-corrected chi connectivity index (χ0v) is 16.6. The highest BCUT2D eigenvalue weighted by atomic mass is 16.6. The Morgan fingerprint density at radius 3 is 2.45 bits per heavy atom. The van der Waals surface area contributed by atoms with E-state index in [1.54, 1.807) is 12.1 Å². The van der Waals surface area contributed by atoms with Gasteiger partial charge in [-0.05, 0) is 44.6 Å². The number of hydrogen-bond acceptors (Lipinski definition) is 5. The minimum absolute atomic E-state index is 0.00327. The molecule has 2 aliphatic heterocycles. The van der Waals surface area contributed by atoms with Crippen molar-refractivity contribution in [3.8, 4) is 0 Å². The Morgan fingerprint density at radius 1 is 1.10 bits per heavy atom. The van der Waals surface area contributed by atoms with Crippen LogP contribution >= 0.6 is 0 Å². The van der Waals surface area contributed by atoms with Crippen LogP contribution in [0.4, 0.5) is 5.69 Å². The summed E-state index contributed by atoms with van der Waals surface area (Å²) >= 11 is 0. The fraction of sp³-hybridized carbons (Fsp3) is 0.455. The standard InChI is InChI=1S/C22H25N3O4/c1-14-19(22(27)24-12-3-2-4-13-24)20(15-8-10-16(11-9-15)25(28)29)21-17(23-14)6-5-7-18(21)26/h8-11,20,23H,2-7,12-13H2,1H3/t20-/m0/s1. The van der Waals surface area contributed by atoms with E-state index in [9.17, 15) is 19.7 Å². The molecule has 1 aliphatic carbocycles. The molecule has 4 rings (SSSR count). The van der Waals surface area contributed by atoms with Crippen LogP contribution in [0.1, 0.15) is 56.9 Å². The Kier molecular flexibility index (Phi) is 5.22. The van der Waals surface area contributed by atoms with E-state index in [1.165, 1.54) is 12.1 Å². The number of amides is 1. The molecule has 1 N–H and O–H groups in total. The number of benzene rings is 1. The van der Waals surface area contributed by atoms with Crippen LogP contribution in [0.2, 0.25) is 0 Å². The number of carbonyl (C=O) groups is 2. The lowest BCUT2D eigenvalue weighted by Crippen LogP contribution is -2.42. The minimum Gasteiger partial charge on any atom is -0.362 e. The van der Waals surface area contributed by atoms with E-state index >= 15 is 0 Å². The Hall–Kier alpha value is -2.96. The summed E-state index contributed by atoms with van der Waals surface area (Å²) in [6.45, 7) is 3.34. The number of rotatable bonds is 3. The highest BCUT2D eigenvalue weighted by Crippen LogP contribution is 2.43. The van der Waals surface area contributed by atoms with Gasteiger partial charge < -0.3 is 10.2 Å². The molecular formula is C22H25N3O4. The molecule has 0 aromatic heterocycles. The molecule has 1 saturated heterocycles. The molecule has 1 aromatic rings. The number of carbonyl (C=O) groups excluding carboxylic acids is 2. The largest absolute Gasteiger partial charge is 0.362 e. The minimum atomic E-state index is -0.478. The molecule has 29 heavy (non-hydrogen) atoms. The number of allylic oxidation sites excluding steroid dienone is 3. The maximum Gasteiger partial charge on any atom is 0.269 e. The Morgan fingerprint density at radius 2 is 1.79 bits per heavy atom. The predicted molar refractivity (Wildman–Crippen MR) is 108 cm³/mol. The first-order valence-electron chi connectivity index (χ1n) is 10.2. The van der Waals surface area contributed by atoms with Crippen LogP contribution in [0.5, 0.6) is 0 Å². The highest BCUT2D eigenvalue weighted by molar-refractivity contribution is 6.05. The third kappa shape index (κ3) is 3.57. The lowest BCUT2D eigenvalue weighted by atomic mass is 9.74. The summed E-state index contributed by atoms with van der Waals surface area (Å²) in [5.41, 5.74) is 3.65. The summed E-state index contributed by atoms with van der Waals surface area (Å²) in [6.07, 6.45) is 5.13. The van der Waals surface area contributed by atoms with Crippen molar-refractivity contribution in [1.29, 1.82) is 0 Å². The molecule has 0 unspecified atom stereocenters. The van der Waals surface area contributed by atoms with Gasteiger partial charge in [0.05, 0.1) is 4.92 Å². The number of nitrogens with zero attached hydrogens (tertiary/aromatic N) is 2. The van der Waals surface area contributed by atoms with Gasteiger partial charge in [-0.15, -0.1) is 0 Å². The smallest absolute Gasteiger partial charge is 0.269 e. The molecule has 2 heterocycles. The van der Waals surface area contributed by atoms with Gasteiger partial charge in [0.25, 0.3) is 11.6 Å². The Bertz CT molecular complexity index is 924. The molecule has 1 atom stereocenters. The van der Waals surface area contributed by atoms with Crippen LogP contribution in [0.15, 0.2) is 46.8 Å². The highest BCUT2D eigenvalue weighted by Gasteiger charge is 2.39. The molecule has 7 nitrogen and oxygen atoms in total. The molecular weight excluding hydrogens is 370 g/mol. The second-order valence-corrected chi connectivity index (χ2v) is 7.97. The first-order valence-corrected chi connectivity index (χ1v) is 10.2. The molecule has 0 bridgehead atoms. The number of nitro groups is 1. The van der Waals surface area contributed by atoms with Crippen LogP contribution in [0.3, 0.4) is 0 Å².